The van der Waals surface area contributed by atoms with Crippen LogP contribution in [0.3, 0.4) is 0 Å². The van der Waals surface area contributed by atoms with Crippen molar-refractivity contribution >= 4 is 33.4 Å². The van der Waals surface area contributed by atoms with Gasteiger partial charge < -0.3 is 10.4 Å². The Morgan fingerprint density at radius 3 is 2.61 bits per heavy atom. The SMILES string of the molecule is Cc1cc(Nc2ccc(C(=O)O)nn2)ccc1Br. The topological polar surface area (TPSA) is 75.1 Å². The minimum absolute atomic E-state index is 0.0764. The Morgan fingerprint density at radius 1 is 1.28 bits per heavy atom. The van der Waals surface area contributed by atoms with Crippen LogP contribution >= 0.6 is 15.9 Å². The zero-order valence-corrected chi connectivity index (χ0v) is 11.1. The van der Waals surface area contributed by atoms with E-state index < -0.39 is 5.97 Å². The highest BCUT2D eigenvalue weighted by Crippen LogP contribution is 2.22. The number of carboxylic acid groups (broad SMARTS) is 1. The number of aromatic nitrogens is 2. The summed E-state index contributed by atoms with van der Waals surface area (Å²) in [6, 6.07) is 8.76. The first-order chi connectivity index (χ1) is 8.56. The number of aryl methyl sites for hydroxylation is 1. The lowest BCUT2D eigenvalue weighted by Gasteiger charge is -2.06. The van der Waals surface area contributed by atoms with Gasteiger partial charge in [-0.25, -0.2) is 4.79 Å². The van der Waals surface area contributed by atoms with Crippen LogP contribution in [0, 0.1) is 6.92 Å². The van der Waals surface area contributed by atoms with Gasteiger partial charge in [-0.2, -0.15) is 0 Å². The first-order valence-electron chi connectivity index (χ1n) is 5.16. The molecule has 0 radical (unpaired) electrons. The highest BCUT2D eigenvalue weighted by atomic mass is 79.9. The molecule has 0 saturated carbocycles. The summed E-state index contributed by atoms with van der Waals surface area (Å²) in [6.07, 6.45) is 0. The predicted molar refractivity (Wildman–Crippen MR) is 71.2 cm³/mol. The second-order valence-electron chi connectivity index (χ2n) is 3.70. The molecule has 1 heterocycles. The molecule has 0 fully saturated rings. The quantitative estimate of drug-likeness (QED) is 0.911. The number of rotatable bonds is 3. The second-order valence-corrected chi connectivity index (χ2v) is 4.55. The normalized spacial score (nSPS) is 10.1. The van der Waals surface area contributed by atoms with Gasteiger partial charge in [-0.3, -0.25) is 0 Å². The van der Waals surface area contributed by atoms with Crippen molar-refractivity contribution in [3.05, 3.63) is 46.1 Å². The summed E-state index contributed by atoms with van der Waals surface area (Å²) >= 11 is 3.42. The predicted octanol–water partition coefficient (Wildman–Crippen LogP) is 2.99. The van der Waals surface area contributed by atoms with Crippen molar-refractivity contribution in [3.63, 3.8) is 0 Å². The van der Waals surface area contributed by atoms with Crippen LogP contribution in [0.2, 0.25) is 0 Å². The summed E-state index contributed by atoms with van der Waals surface area (Å²) in [4.78, 5) is 10.6. The fourth-order valence-corrected chi connectivity index (χ4v) is 1.63. The molecule has 18 heavy (non-hydrogen) atoms. The van der Waals surface area contributed by atoms with Gasteiger partial charge in [0.2, 0.25) is 0 Å². The van der Waals surface area contributed by atoms with Gasteiger partial charge in [-0.15, -0.1) is 10.2 Å². The molecule has 0 spiro atoms. The fourth-order valence-electron chi connectivity index (χ4n) is 1.38. The third-order valence-electron chi connectivity index (χ3n) is 2.31. The third kappa shape index (κ3) is 2.84. The van der Waals surface area contributed by atoms with E-state index in [0.29, 0.717) is 5.82 Å². The van der Waals surface area contributed by atoms with Gasteiger partial charge in [0, 0.05) is 10.2 Å². The van der Waals surface area contributed by atoms with Crippen molar-refractivity contribution in [3.8, 4) is 0 Å². The van der Waals surface area contributed by atoms with Crippen molar-refractivity contribution in [1.29, 1.82) is 0 Å². The average molecular weight is 308 g/mol. The van der Waals surface area contributed by atoms with E-state index in [9.17, 15) is 4.79 Å². The van der Waals surface area contributed by atoms with E-state index in [1.54, 1.807) is 6.07 Å². The summed E-state index contributed by atoms with van der Waals surface area (Å²) in [7, 11) is 0. The van der Waals surface area contributed by atoms with Crippen LogP contribution in [0.4, 0.5) is 11.5 Å². The van der Waals surface area contributed by atoms with E-state index in [0.717, 1.165) is 15.7 Å². The molecule has 92 valence electrons. The lowest BCUT2D eigenvalue weighted by Crippen LogP contribution is -2.03. The molecule has 0 atom stereocenters. The molecule has 6 heteroatoms. The van der Waals surface area contributed by atoms with Crippen molar-refractivity contribution in [1.82, 2.24) is 10.2 Å². The summed E-state index contributed by atoms with van der Waals surface area (Å²) in [5.74, 6) is -0.588. The Labute approximate surface area is 112 Å². The maximum Gasteiger partial charge on any atom is 0.356 e. The molecule has 0 bridgehead atoms. The van der Waals surface area contributed by atoms with E-state index in [-0.39, 0.29) is 5.69 Å². The van der Waals surface area contributed by atoms with Crippen molar-refractivity contribution < 1.29 is 9.90 Å². The van der Waals surface area contributed by atoms with Crippen LogP contribution in [0.15, 0.2) is 34.8 Å². The number of hydrogen-bond acceptors (Lipinski definition) is 4. The van der Waals surface area contributed by atoms with E-state index in [1.807, 2.05) is 25.1 Å². The van der Waals surface area contributed by atoms with E-state index >= 15 is 0 Å². The molecule has 0 aliphatic carbocycles. The Morgan fingerprint density at radius 2 is 2.06 bits per heavy atom. The minimum Gasteiger partial charge on any atom is -0.476 e. The number of hydrogen-bond donors (Lipinski definition) is 2. The number of aromatic carboxylic acids is 1. The zero-order valence-electron chi connectivity index (χ0n) is 9.51. The first kappa shape index (κ1) is 12.5. The molecular formula is C12H10BrN3O2. The number of anilines is 2. The summed E-state index contributed by atoms with van der Waals surface area (Å²) in [5.41, 5.74) is 1.88. The van der Waals surface area contributed by atoms with Crippen molar-refractivity contribution in [2.45, 2.75) is 6.92 Å². The minimum atomic E-state index is -1.09. The van der Waals surface area contributed by atoms with E-state index in [1.165, 1.54) is 6.07 Å². The monoisotopic (exact) mass is 307 g/mol. The lowest BCUT2D eigenvalue weighted by atomic mass is 10.2. The largest absolute Gasteiger partial charge is 0.476 e. The Bertz CT molecular complexity index is 584. The Hall–Kier alpha value is -1.95. The Kier molecular flexibility index (Phi) is 3.57. The van der Waals surface area contributed by atoms with E-state index in [4.69, 9.17) is 5.11 Å². The van der Waals surface area contributed by atoms with E-state index in [2.05, 4.69) is 31.4 Å². The number of carbonyl (C=O) groups is 1. The number of carboxylic acids is 1. The van der Waals surface area contributed by atoms with Crippen LogP contribution in [0.1, 0.15) is 16.1 Å². The van der Waals surface area contributed by atoms with Crippen LogP contribution in [-0.4, -0.2) is 21.3 Å². The van der Waals surface area contributed by atoms with Gasteiger partial charge >= 0.3 is 5.97 Å². The fraction of sp³-hybridized carbons (Fsp3) is 0.0833. The maximum absolute atomic E-state index is 10.6. The van der Waals surface area contributed by atoms with Crippen LogP contribution in [0.5, 0.6) is 0 Å². The zero-order chi connectivity index (χ0) is 13.1. The lowest BCUT2D eigenvalue weighted by molar-refractivity contribution is 0.0689. The number of benzene rings is 1. The third-order valence-corrected chi connectivity index (χ3v) is 3.20. The van der Waals surface area contributed by atoms with Crippen LogP contribution in [0.25, 0.3) is 0 Å². The standard InChI is InChI=1S/C12H10BrN3O2/c1-7-6-8(2-3-9(7)13)14-11-5-4-10(12(17)18)15-16-11/h2-6H,1H3,(H,14,16)(H,17,18). The number of nitrogens with zero attached hydrogens (tertiary/aromatic N) is 2. The van der Waals surface area contributed by atoms with Gasteiger partial charge in [0.25, 0.3) is 0 Å². The molecule has 0 saturated heterocycles. The van der Waals surface area contributed by atoms with Crippen LogP contribution < -0.4 is 5.32 Å². The van der Waals surface area contributed by atoms with Gasteiger partial charge in [-0.05, 0) is 42.8 Å². The van der Waals surface area contributed by atoms with Crippen molar-refractivity contribution in [2.24, 2.45) is 0 Å². The summed E-state index contributed by atoms with van der Waals surface area (Å²) in [6.45, 7) is 1.98. The maximum atomic E-state index is 10.6. The molecule has 0 amide bonds. The molecule has 0 aliphatic heterocycles. The number of halogens is 1. The summed E-state index contributed by atoms with van der Waals surface area (Å²) in [5, 5.41) is 19.1. The highest BCUT2D eigenvalue weighted by molar-refractivity contribution is 9.10. The van der Waals surface area contributed by atoms with Gasteiger partial charge in [0.05, 0.1) is 0 Å². The molecule has 1 aromatic carbocycles. The molecule has 0 unspecified atom stereocenters. The van der Waals surface area contributed by atoms with Gasteiger partial charge in [0.1, 0.15) is 0 Å². The average Bonchev–Trinajstić information content (AvgIpc) is 2.34. The molecule has 1 aromatic heterocycles. The molecule has 2 rings (SSSR count). The Balaban J connectivity index is 2.18. The molecule has 2 aromatic rings. The smallest absolute Gasteiger partial charge is 0.356 e. The first-order valence-corrected chi connectivity index (χ1v) is 5.96. The van der Waals surface area contributed by atoms with Gasteiger partial charge in [-0.1, -0.05) is 15.9 Å². The second kappa shape index (κ2) is 5.14. The molecule has 2 N–H and O–H groups in total. The highest BCUT2D eigenvalue weighted by Gasteiger charge is 2.05. The summed E-state index contributed by atoms with van der Waals surface area (Å²) < 4.78 is 1.03. The van der Waals surface area contributed by atoms with Crippen molar-refractivity contribution in [2.75, 3.05) is 5.32 Å². The molecule has 5 nitrogen and oxygen atoms in total. The molecule has 0 aliphatic rings. The van der Waals surface area contributed by atoms with Gasteiger partial charge in [0.15, 0.2) is 11.5 Å². The van der Waals surface area contributed by atoms with Crippen LogP contribution in [-0.2, 0) is 0 Å². The molecular weight excluding hydrogens is 298 g/mol. The number of nitrogens with one attached hydrogen (secondary N) is 1.